The lowest BCUT2D eigenvalue weighted by atomic mass is 9.95. The second kappa shape index (κ2) is 10.9. The van der Waals surface area contributed by atoms with Gasteiger partial charge >= 0.3 is 0 Å². The standard InChI is InChI=1S/C16H21ClN4O3.2ClH/c17-12-1-2-14(19-9-12)20-15(22)11-3-6-21(7-4-11)16(23)13-10-18-5-8-24-13;;/h1-2,9,11,13,18H,3-8,10H2,(H,19,20,22);2*1H. The van der Waals surface area contributed by atoms with E-state index in [0.717, 1.165) is 6.54 Å². The molecule has 0 bridgehead atoms. The summed E-state index contributed by atoms with van der Waals surface area (Å²) in [4.78, 5) is 30.6. The minimum Gasteiger partial charge on any atom is -0.366 e. The topological polar surface area (TPSA) is 83.6 Å². The minimum atomic E-state index is -0.401. The Morgan fingerprint density at radius 2 is 2.00 bits per heavy atom. The van der Waals surface area contributed by atoms with Gasteiger partial charge in [0.05, 0.1) is 11.6 Å². The zero-order valence-electron chi connectivity index (χ0n) is 14.2. The fourth-order valence-corrected chi connectivity index (χ4v) is 3.08. The highest BCUT2D eigenvalue weighted by atomic mass is 35.5. The fourth-order valence-electron chi connectivity index (χ4n) is 2.97. The summed E-state index contributed by atoms with van der Waals surface area (Å²) in [6, 6.07) is 3.36. The number of piperidine rings is 1. The number of carbonyl (C=O) groups excluding carboxylic acids is 2. The van der Waals surface area contributed by atoms with Crippen molar-refractivity contribution in [2.24, 2.45) is 5.92 Å². The van der Waals surface area contributed by atoms with Gasteiger partial charge in [-0.15, -0.1) is 24.8 Å². The summed E-state index contributed by atoms with van der Waals surface area (Å²) in [5.74, 6) is 0.328. The molecule has 2 amide bonds. The summed E-state index contributed by atoms with van der Waals surface area (Å²) < 4.78 is 5.50. The molecule has 0 aliphatic carbocycles. The van der Waals surface area contributed by atoms with E-state index in [9.17, 15) is 9.59 Å². The number of nitrogens with one attached hydrogen (secondary N) is 2. The van der Waals surface area contributed by atoms with E-state index in [-0.39, 0.29) is 42.5 Å². The van der Waals surface area contributed by atoms with E-state index in [1.165, 1.54) is 6.20 Å². The van der Waals surface area contributed by atoms with Crippen molar-refractivity contribution in [2.75, 3.05) is 38.1 Å². The smallest absolute Gasteiger partial charge is 0.253 e. The molecule has 7 nitrogen and oxygen atoms in total. The average molecular weight is 426 g/mol. The normalized spacial score (nSPS) is 20.5. The molecule has 1 unspecified atom stereocenters. The Hall–Kier alpha value is -1.12. The number of likely N-dealkylation sites (tertiary alicyclic amines) is 1. The Kier molecular flexibility index (Phi) is 9.60. The van der Waals surface area contributed by atoms with Crippen LogP contribution >= 0.6 is 36.4 Å². The Balaban J connectivity index is 0.00000169. The molecule has 0 spiro atoms. The predicted molar refractivity (Wildman–Crippen MR) is 104 cm³/mol. The highest BCUT2D eigenvalue weighted by Gasteiger charge is 2.32. The molecule has 10 heteroatoms. The van der Waals surface area contributed by atoms with Crippen LogP contribution in [0.4, 0.5) is 5.82 Å². The van der Waals surface area contributed by atoms with Gasteiger partial charge in [-0.2, -0.15) is 0 Å². The first-order valence-electron chi connectivity index (χ1n) is 8.17. The van der Waals surface area contributed by atoms with E-state index in [0.29, 0.717) is 49.9 Å². The van der Waals surface area contributed by atoms with Crippen molar-refractivity contribution in [1.82, 2.24) is 15.2 Å². The predicted octanol–water partition coefficient (Wildman–Crippen LogP) is 1.74. The van der Waals surface area contributed by atoms with Gasteiger partial charge in [0.2, 0.25) is 5.91 Å². The first-order valence-corrected chi connectivity index (χ1v) is 8.55. The number of ether oxygens (including phenoxy) is 1. The Bertz CT molecular complexity index is 589. The second-order valence-corrected chi connectivity index (χ2v) is 6.45. The molecular formula is C16H23Cl3N4O3. The van der Waals surface area contributed by atoms with Crippen LogP contribution in [0, 0.1) is 5.92 Å². The number of morpholine rings is 1. The van der Waals surface area contributed by atoms with Crippen molar-refractivity contribution < 1.29 is 14.3 Å². The number of halogens is 3. The molecular weight excluding hydrogens is 403 g/mol. The third kappa shape index (κ3) is 5.96. The highest BCUT2D eigenvalue weighted by molar-refractivity contribution is 6.30. The van der Waals surface area contributed by atoms with Crippen molar-refractivity contribution >= 4 is 54.0 Å². The molecule has 0 aromatic carbocycles. The van der Waals surface area contributed by atoms with Crippen LogP contribution in [0.5, 0.6) is 0 Å². The lowest BCUT2D eigenvalue weighted by molar-refractivity contribution is -0.147. The second-order valence-electron chi connectivity index (χ2n) is 6.01. The first kappa shape index (κ1) is 22.9. The molecule has 1 aromatic rings. The number of hydrogen-bond donors (Lipinski definition) is 2. The van der Waals surface area contributed by atoms with Crippen LogP contribution in [0.1, 0.15) is 12.8 Å². The maximum absolute atomic E-state index is 12.4. The van der Waals surface area contributed by atoms with Crippen LogP contribution in [0.3, 0.4) is 0 Å². The van der Waals surface area contributed by atoms with Crippen molar-refractivity contribution in [3.63, 3.8) is 0 Å². The Morgan fingerprint density at radius 1 is 1.27 bits per heavy atom. The number of pyridine rings is 1. The molecule has 2 aliphatic rings. The molecule has 0 radical (unpaired) electrons. The van der Waals surface area contributed by atoms with Gasteiger partial charge < -0.3 is 20.3 Å². The first-order chi connectivity index (χ1) is 11.6. The quantitative estimate of drug-likeness (QED) is 0.771. The zero-order chi connectivity index (χ0) is 16.9. The van der Waals surface area contributed by atoms with Crippen molar-refractivity contribution in [1.29, 1.82) is 0 Å². The van der Waals surface area contributed by atoms with Gasteiger partial charge in [-0.1, -0.05) is 11.6 Å². The highest BCUT2D eigenvalue weighted by Crippen LogP contribution is 2.20. The van der Waals surface area contributed by atoms with E-state index in [4.69, 9.17) is 16.3 Å². The fraction of sp³-hybridized carbons (Fsp3) is 0.562. The Labute approximate surface area is 170 Å². The lowest BCUT2D eigenvalue weighted by Crippen LogP contribution is -2.51. The molecule has 26 heavy (non-hydrogen) atoms. The molecule has 3 heterocycles. The molecule has 146 valence electrons. The van der Waals surface area contributed by atoms with Gasteiger partial charge in [0, 0.05) is 38.3 Å². The number of hydrogen-bond acceptors (Lipinski definition) is 5. The van der Waals surface area contributed by atoms with Crippen LogP contribution in [0.2, 0.25) is 5.02 Å². The number of nitrogens with zero attached hydrogens (tertiary/aromatic N) is 2. The van der Waals surface area contributed by atoms with Crippen LogP contribution in [0.15, 0.2) is 18.3 Å². The maximum atomic E-state index is 12.4. The summed E-state index contributed by atoms with van der Waals surface area (Å²) in [5.41, 5.74) is 0. The molecule has 1 aromatic heterocycles. The third-order valence-corrected chi connectivity index (χ3v) is 4.58. The summed E-state index contributed by atoms with van der Waals surface area (Å²) in [5, 5.41) is 6.49. The zero-order valence-corrected chi connectivity index (χ0v) is 16.5. The number of anilines is 1. The van der Waals surface area contributed by atoms with E-state index in [1.54, 1.807) is 17.0 Å². The van der Waals surface area contributed by atoms with Gasteiger partial charge in [0.25, 0.3) is 5.91 Å². The largest absolute Gasteiger partial charge is 0.366 e. The minimum absolute atomic E-state index is 0. The van der Waals surface area contributed by atoms with E-state index in [2.05, 4.69) is 15.6 Å². The number of rotatable bonds is 3. The number of amides is 2. The molecule has 2 saturated heterocycles. The lowest BCUT2D eigenvalue weighted by Gasteiger charge is -2.34. The van der Waals surface area contributed by atoms with Crippen molar-refractivity contribution in [3.05, 3.63) is 23.4 Å². The molecule has 2 aliphatic heterocycles. The van der Waals surface area contributed by atoms with Gasteiger partial charge in [-0.3, -0.25) is 9.59 Å². The molecule has 0 saturated carbocycles. The van der Waals surface area contributed by atoms with Gasteiger partial charge in [-0.25, -0.2) is 4.98 Å². The van der Waals surface area contributed by atoms with Crippen molar-refractivity contribution in [2.45, 2.75) is 18.9 Å². The van der Waals surface area contributed by atoms with Crippen LogP contribution in [0.25, 0.3) is 0 Å². The SMILES string of the molecule is Cl.Cl.O=C(Nc1ccc(Cl)cn1)C1CCN(C(=O)C2CNCCO2)CC1. The molecule has 3 rings (SSSR count). The van der Waals surface area contributed by atoms with Gasteiger partial charge in [0.1, 0.15) is 11.9 Å². The van der Waals surface area contributed by atoms with Crippen LogP contribution < -0.4 is 10.6 Å². The summed E-state index contributed by atoms with van der Waals surface area (Å²) in [7, 11) is 0. The number of carbonyl (C=O) groups is 2. The molecule has 2 fully saturated rings. The van der Waals surface area contributed by atoms with E-state index < -0.39 is 6.10 Å². The Morgan fingerprint density at radius 3 is 2.58 bits per heavy atom. The monoisotopic (exact) mass is 424 g/mol. The number of aromatic nitrogens is 1. The summed E-state index contributed by atoms with van der Waals surface area (Å²) >= 11 is 5.78. The van der Waals surface area contributed by atoms with E-state index in [1.807, 2.05) is 0 Å². The van der Waals surface area contributed by atoms with E-state index >= 15 is 0 Å². The maximum Gasteiger partial charge on any atom is 0.253 e. The van der Waals surface area contributed by atoms with Crippen molar-refractivity contribution in [3.8, 4) is 0 Å². The van der Waals surface area contributed by atoms with Crippen LogP contribution in [-0.4, -0.2) is 60.6 Å². The summed E-state index contributed by atoms with van der Waals surface area (Å²) in [6.45, 7) is 3.05. The average Bonchev–Trinajstić information content (AvgIpc) is 2.64. The summed E-state index contributed by atoms with van der Waals surface area (Å²) in [6.07, 6.45) is 2.38. The van der Waals surface area contributed by atoms with Gasteiger partial charge in [0.15, 0.2) is 0 Å². The molecule has 1 atom stereocenters. The van der Waals surface area contributed by atoms with Gasteiger partial charge in [-0.05, 0) is 25.0 Å². The van der Waals surface area contributed by atoms with Crippen LogP contribution in [-0.2, 0) is 14.3 Å². The molecule has 2 N–H and O–H groups in total. The third-order valence-electron chi connectivity index (χ3n) is 4.36.